The van der Waals surface area contributed by atoms with Gasteiger partial charge < -0.3 is 5.32 Å². The first kappa shape index (κ1) is 16.1. The van der Waals surface area contributed by atoms with Gasteiger partial charge in [-0.05, 0) is 24.6 Å². The molecule has 21 heavy (non-hydrogen) atoms. The second-order valence-corrected chi connectivity index (χ2v) is 8.70. The fraction of sp³-hybridized carbons (Fsp3) is 0.231. The molecule has 8 heteroatoms. The van der Waals surface area contributed by atoms with E-state index >= 15 is 0 Å². The van der Waals surface area contributed by atoms with Crippen LogP contribution in [-0.2, 0) is 20.4 Å². The summed E-state index contributed by atoms with van der Waals surface area (Å²) >= 11 is 4.59. The third-order valence-electron chi connectivity index (χ3n) is 2.49. The van der Waals surface area contributed by atoms with E-state index in [2.05, 4.69) is 26.2 Å². The molecule has 1 heterocycles. The van der Waals surface area contributed by atoms with Crippen LogP contribution in [0.5, 0.6) is 0 Å². The van der Waals surface area contributed by atoms with Crippen LogP contribution < -0.4 is 5.32 Å². The first-order chi connectivity index (χ1) is 9.84. The minimum Gasteiger partial charge on any atom is -0.301 e. The van der Waals surface area contributed by atoms with E-state index < -0.39 is 21.5 Å². The molecule has 0 saturated heterocycles. The van der Waals surface area contributed by atoms with E-state index in [0.29, 0.717) is 10.7 Å². The number of nitrogens with zero attached hydrogens (tertiary/aromatic N) is 1. The lowest BCUT2D eigenvalue weighted by molar-refractivity contribution is -0.113. The van der Waals surface area contributed by atoms with Crippen LogP contribution in [0.3, 0.4) is 0 Å². The topological polar surface area (TPSA) is 76.1 Å². The first-order valence-corrected chi connectivity index (χ1v) is 9.44. The number of sulfone groups is 1. The van der Waals surface area contributed by atoms with Crippen molar-refractivity contribution in [2.24, 2.45) is 0 Å². The fourth-order valence-electron chi connectivity index (χ4n) is 1.70. The smallest absolute Gasteiger partial charge is 0.241 e. The predicted octanol–water partition coefficient (Wildman–Crippen LogP) is 2.77. The Morgan fingerprint density at radius 3 is 2.81 bits per heavy atom. The lowest BCUT2D eigenvalue weighted by Gasteiger charge is -2.05. The summed E-state index contributed by atoms with van der Waals surface area (Å²) in [5.74, 6) is -1.30. The van der Waals surface area contributed by atoms with Crippen LogP contribution in [0.1, 0.15) is 10.4 Å². The van der Waals surface area contributed by atoms with Gasteiger partial charge in [0.15, 0.2) is 15.0 Å². The molecule has 1 N–H and O–H groups in total. The van der Waals surface area contributed by atoms with Gasteiger partial charge in [0.1, 0.15) is 5.75 Å². The largest absolute Gasteiger partial charge is 0.301 e. The number of rotatable bonds is 5. The highest BCUT2D eigenvalue weighted by Crippen LogP contribution is 2.17. The zero-order valence-corrected chi connectivity index (χ0v) is 14.4. The summed E-state index contributed by atoms with van der Waals surface area (Å²) in [5.41, 5.74) is 0.641. The van der Waals surface area contributed by atoms with E-state index in [9.17, 15) is 13.2 Å². The number of aryl methyl sites for hydroxylation is 1. The Hall–Kier alpha value is -1.25. The van der Waals surface area contributed by atoms with Crippen molar-refractivity contribution < 1.29 is 13.2 Å². The van der Waals surface area contributed by atoms with Crippen LogP contribution in [-0.4, -0.2) is 25.1 Å². The standard InChI is InChI=1S/C13H13BrN2O3S2/c1-9-6-15-13(20-9)16-12(17)8-21(18,19)7-10-3-2-4-11(14)5-10/h2-6H,7-8H2,1H3,(H,15,16,17). The molecule has 2 aromatic rings. The maximum Gasteiger partial charge on any atom is 0.241 e. The number of hydrogen-bond donors (Lipinski definition) is 1. The number of nitrogens with one attached hydrogen (secondary N) is 1. The van der Waals surface area contributed by atoms with Crippen LogP contribution in [0, 0.1) is 6.92 Å². The Bertz CT molecular complexity index is 756. The molecule has 2 rings (SSSR count). The Labute approximate surface area is 135 Å². The lowest BCUT2D eigenvalue weighted by atomic mass is 10.2. The van der Waals surface area contributed by atoms with Crippen LogP contribution in [0.15, 0.2) is 34.9 Å². The Balaban J connectivity index is 1.98. The minimum absolute atomic E-state index is 0.170. The van der Waals surface area contributed by atoms with Crippen LogP contribution in [0.4, 0.5) is 5.13 Å². The summed E-state index contributed by atoms with van der Waals surface area (Å²) in [4.78, 5) is 16.7. The number of hydrogen-bond acceptors (Lipinski definition) is 5. The second-order valence-electron chi connectivity index (χ2n) is 4.49. The highest BCUT2D eigenvalue weighted by Gasteiger charge is 2.18. The quantitative estimate of drug-likeness (QED) is 0.853. The van der Waals surface area contributed by atoms with E-state index in [0.717, 1.165) is 9.35 Å². The van der Waals surface area contributed by atoms with E-state index in [1.54, 1.807) is 24.4 Å². The fourth-order valence-corrected chi connectivity index (χ4v) is 4.09. The average molecular weight is 389 g/mol. The van der Waals surface area contributed by atoms with Crippen molar-refractivity contribution in [1.82, 2.24) is 4.98 Å². The number of carbonyl (C=O) groups excluding carboxylic acids is 1. The molecule has 0 atom stereocenters. The van der Waals surface area contributed by atoms with Gasteiger partial charge in [-0.25, -0.2) is 13.4 Å². The molecule has 5 nitrogen and oxygen atoms in total. The zero-order chi connectivity index (χ0) is 15.5. The number of thiazole rings is 1. The molecule has 0 radical (unpaired) electrons. The van der Waals surface area contributed by atoms with Gasteiger partial charge in [0, 0.05) is 15.5 Å². The Morgan fingerprint density at radius 1 is 1.43 bits per heavy atom. The van der Waals surface area contributed by atoms with Crippen LogP contribution in [0.2, 0.25) is 0 Å². The van der Waals surface area contributed by atoms with Gasteiger partial charge >= 0.3 is 0 Å². The van der Waals surface area contributed by atoms with Crippen molar-refractivity contribution in [3.8, 4) is 0 Å². The number of aromatic nitrogens is 1. The summed E-state index contributed by atoms with van der Waals surface area (Å²) in [7, 11) is -3.52. The van der Waals surface area contributed by atoms with Crippen molar-refractivity contribution >= 4 is 48.1 Å². The molecule has 0 aliphatic carbocycles. The van der Waals surface area contributed by atoms with Crippen molar-refractivity contribution in [3.05, 3.63) is 45.4 Å². The number of carbonyl (C=O) groups is 1. The highest BCUT2D eigenvalue weighted by molar-refractivity contribution is 9.10. The molecule has 0 unspecified atom stereocenters. The monoisotopic (exact) mass is 388 g/mol. The molecule has 0 spiro atoms. The summed E-state index contributed by atoms with van der Waals surface area (Å²) in [5, 5.41) is 2.91. The maximum atomic E-state index is 12.0. The van der Waals surface area contributed by atoms with Gasteiger partial charge in [-0.3, -0.25) is 4.79 Å². The van der Waals surface area contributed by atoms with E-state index in [1.165, 1.54) is 11.3 Å². The third kappa shape index (κ3) is 5.22. The van der Waals surface area contributed by atoms with Gasteiger partial charge in [-0.1, -0.05) is 28.1 Å². The van der Waals surface area contributed by atoms with Crippen molar-refractivity contribution in [2.75, 3.05) is 11.1 Å². The molecule has 1 aromatic carbocycles. The Kier molecular flexibility index (Phi) is 5.13. The number of benzene rings is 1. The summed E-state index contributed by atoms with van der Waals surface area (Å²) in [6.07, 6.45) is 1.62. The molecular weight excluding hydrogens is 376 g/mol. The van der Waals surface area contributed by atoms with E-state index in [1.807, 2.05) is 13.0 Å². The SMILES string of the molecule is Cc1cnc(NC(=O)CS(=O)(=O)Cc2cccc(Br)c2)s1. The first-order valence-electron chi connectivity index (χ1n) is 6.01. The van der Waals surface area contributed by atoms with Gasteiger partial charge in [0.05, 0.1) is 5.75 Å². The Morgan fingerprint density at radius 2 is 2.19 bits per heavy atom. The molecule has 1 aromatic heterocycles. The average Bonchev–Trinajstić information content (AvgIpc) is 2.72. The van der Waals surface area contributed by atoms with Gasteiger partial charge in [0.25, 0.3) is 0 Å². The predicted molar refractivity (Wildman–Crippen MR) is 87.1 cm³/mol. The minimum atomic E-state index is -3.52. The molecule has 0 saturated carbocycles. The van der Waals surface area contributed by atoms with Gasteiger partial charge in [0.2, 0.25) is 5.91 Å². The molecule has 0 bridgehead atoms. The van der Waals surface area contributed by atoms with Crippen LogP contribution in [0.25, 0.3) is 0 Å². The number of anilines is 1. The van der Waals surface area contributed by atoms with E-state index in [4.69, 9.17) is 0 Å². The lowest BCUT2D eigenvalue weighted by Crippen LogP contribution is -2.23. The summed E-state index contributed by atoms with van der Waals surface area (Å²) in [6, 6.07) is 7.00. The maximum absolute atomic E-state index is 12.0. The number of amides is 1. The molecule has 0 aliphatic rings. The second kappa shape index (κ2) is 6.67. The molecule has 0 fully saturated rings. The van der Waals surface area contributed by atoms with Gasteiger partial charge in [-0.15, -0.1) is 11.3 Å². The van der Waals surface area contributed by atoms with E-state index in [-0.39, 0.29) is 5.75 Å². The summed E-state index contributed by atoms with van der Waals surface area (Å²) in [6.45, 7) is 1.86. The third-order valence-corrected chi connectivity index (χ3v) is 5.29. The highest BCUT2D eigenvalue weighted by atomic mass is 79.9. The molecule has 112 valence electrons. The van der Waals surface area contributed by atoms with Crippen molar-refractivity contribution in [3.63, 3.8) is 0 Å². The zero-order valence-electron chi connectivity index (χ0n) is 11.2. The van der Waals surface area contributed by atoms with Crippen molar-refractivity contribution in [2.45, 2.75) is 12.7 Å². The molecule has 1 amide bonds. The number of halogens is 1. The molecular formula is C13H13BrN2O3S2. The van der Waals surface area contributed by atoms with Crippen molar-refractivity contribution in [1.29, 1.82) is 0 Å². The normalized spacial score (nSPS) is 11.3. The van der Waals surface area contributed by atoms with Crippen LogP contribution >= 0.6 is 27.3 Å². The van der Waals surface area contributed by atoms with Gasteiger partial charge in [-0.2, -0.15) is 0 Å². The molecule has 0 aliphatic heterocycles. The summed E-state index contributed by atoms with van der Waals surface area (Å²) < 4.78 is 24.9.